The zero-order chi connectivity index (χ0) is 18.3. The number of carbonyl (C=O) groups excluding carboxylic acids is 1. The van der Waals surface area contributed by atoms with Crippen molar-refractivity contribution in [2.45, 2.75) is 19.9 Å². The Morgan fingerprint density at radius 1 is 1.19 bits per heavy atom. The fourth-order valence-electron chi connectivity index (χ4n) is 3.25. The van der Waals surface area contributed by atoms with Gasteiger partial charge >= 0.3 is 6.03 Å². The molecule has 1 aliphatic heterocycles. The highest BCUT2D eigenvalue weighted by Crippen LogP contribution is 2.33. The molecule has 128 valence electrons. The summed E-state index contributed by atoms with van der Waals surface area (Å²) < 4.78 is 0. The first-order valence-corrected chi connectivity index (χ1v) is 8.36. The topological polar surface area (TPSA) is 73.1 Å². The van der Waals surface area contributed by atoms with Gasteiger partial charge in [-0.3, -0.25) is 19.8 Å². The third kappa shape index (κ3) is 2.45. The molecule has 1 aliphatic rings. The number of fused-ring (bicyclic) bond motifs is 1. The molecule has 0 radical (unpaired) electrons. The van der Waals surface area contributed by atoms with Gasteiger partial charge in [-0.15, -0.1) is 0 Å². The highest BCUT2D eigenvalue weighted by atomic mass is 16.2. The molecule has 6 heteroatoms. The number of nitrogens with zero attached hydrogens (tertiary/aromatic N) is 5. The van der Waals surface area contributed by atoms with E-state index >= 15 is 0 Å². The van der Waals surface area contributed by atoms with E-state index in [1.54, 1.807) is 23.5 Å². The second-order valence-corrected chi connectivity index (χ2v) is 6.38. The van der Waals surface area contributed by atoms with Crippen LogP contribution in [0.25, 0.3) is 10.8 Å². The van der Waals surface area contributed by atoms with Gasteiger partial charge < -0.3 is 0 Å². The minimum absolute atomic E-state index is 0.236. The van der Waals surface area contributed by atoms with Gasteiger partial charge in [0.05, 0.1) is 36.4 Å². The number of carbonyl (C=O) groups is 1. The van der Waals surface area contributed by atoms with Crippen LogP contribution in [0.2, 0.25) is 0 Å². The lowest BCUT2D eigenvalue weighted by Gasteiger charge is -2.21. The number of aryl methyl sites for hydroxylation is 2. The van der Waals surface area contributed by atoms with Crippen molar-refractivity contribution in [2.24, 2.45) is 0 Å². The normalized spacial score (nSPS) is 17.0. The molecule has 2 aromatic heterocycles. The van der Waals surface area contributed by atoms with Crippen molar-refractivity contribution in [3.05, 3.63) is 60.2 Å². The van der Waals surface area contributed by atoms with E-state index in [4.69, 9.17) is 0 Å². The maximum atomic E-state index is 13.2. The van der Waals surface area contributed by atoms with Gasteiger partial charge in [0.15, 0.2) is 0 Å². The van der Waals surface area contributed by atoms with E-state index in [1.165, 1.54) is 4.90 Å². The van der Waals surface area contributed by atoms with E-state index in [9.17, 15) is 10.1 Å². The molecular weight excluding hydrogens is 326 g/mol. The second-order valence-electron chi connectivity index (χ2n) is 6.38. The average Bonchev–Trinajstić information content (AvgIpc) is 3.00. The van der Waals surface area contributed by atoms with E-state index in [1.807, 2.05) is 44.2 Å². The van der Waals surface area contributed by atoms with Crippen LogP contribution >= 0.6 is 0 Å². The van der Waals surface area contributed by atoms with E-state index in [2.05, 4.69) is 16.0 Å². The van der Waals surface area contributed by atoms with E-state index in [-0.39, 0.29) is 6.03 Å². The minimum Gasteiger partial charge on any atom is -0.289 e. The fourth-order valence-corrected chi connectivity index (χ4v) is 3.25. The lowest BCUT2D eigenvalue weighted by atomic mass is 10.1. The second kappa shape index (κ2) is 6.12. The summed E-state index contributed by atoms with van der Waals surface area (Å²) in [5.41, 5.74) is 3.29. The molecular formula is C20H17N5O. The van der Waals surface area contributed by atoms with Gasteiger partial charge in [0, 0.05) is 22.7 Å². The summed E-state index contributed by atoms with van der Waals surface area (Å²) in [4.78, 5) is 24.9. The molecule has 6 nitrogen and oxygen atoms in total. The lowest BCUT2D eigenvalue weighted by molar-refractivity contribution is 0.255. The molecule has 0 aliphatic carbocycles. The zero-order valence-corrected chi connectivity index (χ0v) is 14.5. The largest absolute Gasteiger partial charge is 0.330 e. The van der Waals surface area contributed by atoms with E-state index in [0.29, 0.717) is 17.9 Å². The Balaban J connectivity index is 1.80. The molecule has 1 saturated heterocycles. The number of nitriles is 1. The van der Waals surface area contributed by atoms with Crippen molar-refractivity contribution in [1.29, 1.82) is 5.26 Å². The predicted molar refractivity (Wildman–Crippen MR) is 100 cm³/mol. The monoisotopic (exact) mass is 343 g/mol. The van der Waals surface area contributed by atoms with Crippen LogP contribution in [0.3, 0.4) is 0 Å². The molecule has 4 rings (SSSR count). The molecule has 3 aromatic rings. The Bertz CT molecular complexity index is 1050. The van der Waals surface area contributed by atoms with Gasteiger partial charge in [-0.1, -0.05) is 24.3 Å². The number of rotatable bonds is 2. The highest BCUT2D eigenvalue weighted by molar-refractivity contribution is 6.11. The highest BCUT2D eigenvalue weighted by Gasteiger charge is 2.40. The number of urea groups is 1. The molecule has 0 saturated carbocycles. The molecule has 1 aromatic carbocycles. The van der Waals surface area contributed by atoms with Crippen molar-refractivity contribution < 1.29 is 4.79 Å². The van der Waals surface area contributed by atoms with Crippen LogP contribution in [0.5, 0.6) is 0 Å². The van der Waals surface area contributed by atoms with Gasteiger partial charge in [-0.25, -0.2) is 4.79 Å². The summed E-state index contributed by atoms with van der Waals surface area (Å²) in [6.07, 6.45) is 5.08. The number of benzene rings is 1. The number of anilines is 2. The molecule has 26 heavy (non-hydrogen) atoms. The number of amides is 2. The standard InChI is InChI=1S/C20H17N5O/c1-13-7-16(10-23-14(13)2)24-12-17(8-21)25(20(24)26)19-11-22-9-15-5-3-4-6-18(15)19/h3-7,9-11,17H,12H2,1-2H3/t17-/m1/s1. The van der Waals surface area contributed by atoms with Crippen LogP contribution in [0.4, 0.5) is 16.2 Å². The van der Waals surface area contributed by atoms with Crippen molar-refractivity contribution in [2.75, 3.05) is 16.3 Å². The van der Waals surface area contributed by atoms with Crippen molar-refractivity contribution in [1.82, 2.24) is 9.97 Å². The SMILES string of the molecule is Cc1cc(N2C[C@@H](C#N)N(c3cncc4ccccc34)C2=O)cnc1C. The molecule has 1 atom stereocenters. The summed E-state index contributed by atoms with van der Waals surface area (Å²) in [5.74, 6) is 0. The van der Waals surface area contributed by atoms with Crippen molar-refractivity contribution >= 4 is 28.2 Å². The minimum atomic E-state index is -0.586. The number of hydrogen-bond acceptors (Lipinski definition) is 4. The molecule has 0 N–H and O–H groups in total. The first kappa shape index (κ1) is 16.0. The van der Waals surface area contributed by atoms with E-state index < -0.39 is 6.04 Å². The molecule has 0 unspecified atom stereocenters. The molecule has 0 spiro atoms. The van der Waals surface area contributed by atoms with Gasteiger partial charge in [0.1, 0.15) is 6.04 Å². The van der Waals surface area contributed by atoms with Gasteiger partial charge in [0.25, 0.3) is 0 Å². The van der Waals surface area contributed by atoms with Crippen LogP contribution in [0.15, 0.2) is 48.9 Å². The van der Waals surface area contributed by atoms with Crippen LogP contribution in [-0.4, -0.2) is 28.6 Å². The third-order valence-electron chi connectivity index (χ3n) is 4.80. The Kier molecular flexibility index (Phi) is 3.77. The maximum Gasteiger partial charge on any atom is 0.330 e. The molecule has 0 bridgehead atoms. The lowest BCUT2D eigenvalue weighted by Crippen LogP contribution is -2.34. The van der Waals surface area contributed by atoms with Crippen molar-refractivity contribution in [3.8, 4) is 6.07 Å². The number of pyridine rings is 2. The average molecular weight is 343 g/mol. The predicted octanol–water partition coefficient (Wildman–Crippen LogP) is 3.59. The Morgan fingerprint density at radius 3 is 2.77 bits per heavy atom. The smallest absolute Gasteiger partial charge is 0.289 e. The Hall–Kier alpha value is -3.46. The summed E-state index contributed by atoms with van der Waals surface area (Å²) >= 11 is 0. The maximum absolute atomic E-state index is 13.2. The first-order chi connectivity index (χ1) is 12.6. The third-order valence-corrected chi connectivity index (χ3v) is 4.80. The first-order valence-electron chi connectivity index (χ1n) is 8.36. The van der Waals surface area contributed by atoms with Gasteiger partial charge in [-0.05, 0) is 25.5 Å². The molecule has 1 fully saturated rings. The zero-order valence-electron chi connectivity index (χ0n) is 14.5. The van der Waals surface area contributed by atoms with Gasteiger partial charge in [0.2, 0.25) is 0 Å². The van der Waals surface area contributed by atoms with E-state index in [0.717, 1.165) is 22.0 Å². The van der Waals surface area contributed by atoms with Crippen LogP contribution in [-0.2, 0) is 0 Å². The molecule has 3 heterocycles. The quantitative estimate of drug-likeness (QED) is 0.713. The summed E-state index contributed by atoms with van der Waals surface area (Å²) in [5, 5.41) is 11.5. The van der Waals surface area contributed by atoms with Crippen LogP contribution in [0, 0.1) is 25.2 Å². The van der Waals surface area contributed by atoms with Crippen molar-refractivity contribution in [3.63, 3.8) is 0 Å². The number of aromatic nitrogens is 2. The van der Waals surface area contributed by atoms with Crippen LogP contribution < -0.4 is 9.80 Å². The number of hydrogen-bond donors (Lipinski definition) is 0. The Labute approximate surface area is 151 Å². The van der Waals surface area contributed by atoms with Crippen LogP contribution in [0.1, 0.15) is 11.3 Å². The summed E-state index contributed by atoms with van der Waals surface area (Å²) in [6, 6.07) is 11.1. The summed E-state index contributed by atoms with van der Waals surface area (Å²) in [6.45, 7) is 4.18. The summed E-state index contributed by atoms with van der Waals surface area (Å²) in [7, 11) is 0. The molecule has 2 amide bonds. The Morgan fingerprint density at radius 2 is 2.00 bits per heavy atom. The van der Waals surface area contributed by atoms with Gasteiger partial charge in [-0.2, -0.15) is 5.26 Å². The fraction of sp³-hybridized carbons (Fsp3) is 0.200.